The number of Topliss-reactive ketones (excluding diaryl/α,β-unsaturated/α-hetero) is 1. The summed E-state index contributed by atoms with van der Waals surface area (Å²) >= 11 is 0. The zero-order valence-electron chi connectivity index (χ0n) is 18.5. The minimum absolute atomic E-state index is 0. The van der Waals surface area contributed by atoms with Gasteiger partial charge in [0.1, 0.15) is 5.75 Å². The molecule has 2 saturated heterocycles. The van der Waals surface area contributed by atoms with Gasteiger partial charge in [0.25, 0.3) is 0 Å². The van der Waals surface area contributed by atoms with Crippen molar-refractivity contribution in [3.8, 4) is 5.75 Å². The van der Waals surface area contributed by atoms with Crippen molar-refractivity contribution in [2.24, 2.45) is 11.8 Å². The number of hydrogen-bond acceptors (Lipinski definition) is 6. The zero-order chi connectivity index (χ0) is 23.6. The number of anilines is 1. The summed E-state index contributed by atoms with van der Waals surface area (Å²) in [6, 6.07) is 6.58. The van der Waals surface area contributed by atoms with Crippen molar-refractivity contribution >= 4 is 35.7 Å². The summed E-state index contributed by atoms with van der Waals surface area (Å²) in [4.78, 5) is 42.7. The fourth-order valence-corrected chi connectivity index (χ4v) is 4.65. The Morgan fingerprint density at radius 1 is 0.941 bits per heavy atom. The maximum atomic E-state index is 12.6. The number of ether oxygens (including phenoxy) is 1. The Labute approximate surface area is 201 Å². The lowest BCUT2D eigenvalue weighted by Crippen LogP contribution is -2.49. The number of hydrogen-bond donors (Lipinski definition) is 0. The molecule has 0 saturated carbocycles. The number of rotatable bonds is 7. The van der Waals surface area contributed by atoms with E-state index < -0.39 is 12.8 Å². The van der Waals surface area contributed by atoms with Crippen molar-refractivity contribution in [1.29, 1.82) is 0 Å². The van der Waals surface area contributed by atoms with E-state index in [4.69, 9.17) is 4.74 Å². The van der Waals surface area contributed by atoms with E-state index in [2.05, 4.69) is 0 Å². The van der Waals surface area contributed by atoms with Crippen LogP contribution in [0.1, 0.15) is 12.8 Å². The number of alkyl halides is 3. The van der Waals surface area contributed by atoms with Crippen molar-refractivity contribution in [2.45, 2.75) is 19.0 Å². The van der Waals surface area contributed by atoms with E-state index in [0.717, 1.165) is 4.90 Å². The fourth-order valence-electron chi connectivity index (χ4n) is 4.65. The second-order valence-electron chi connectivity index (χ2n) is 8.59. The molecule has 0 N–H and O–H groups in total. The van der Waals surface area contributed by atoms with Crippen LogP contribution in [-0.2, 0) is 14.4 Å². The van der Waals surface area contributed by atoms with Gasteiger partial charge < -0.3 is 9.64 Å². The number of carbonyl (C=O) groups excluding carboxylic acids is 3. The van der Waals surface area contributed by atoms with E-state index in [9.17, 15) is 27.6 Å². The van der Waals surface area contributed by atoms with Crippen LogP contribution in [0.15, 0.2) is 36.4 Å². The van der Waals surface area contributed by atoms with Crippen LogP contribution in [0.5, 0.6) is 5.75 Å². The number of amides is 2. The molecule has 0 radical (unpaired) electrons. The van der Waals surface area contributed by atoms with E-state index in [1.54, 1.807) is 18.2 Å². The number of halogens is 4. The molecule has 2 amide bonds. The van der Waals surface area contributed by atoms with Crippen LogP contribution < -0.4 is 9.64 Å². The Morgan fingerprint density at radius 2 is 1.53 bits per heavy atom. The lowest BCUT2D eigenvalue weighted by molar-refractivity contribution is -0.153. The summed E-state index contributed by atoms with van der Waals surface area (Å²) in [7, 11) is 0. The predicted molar refractivity (Wildman–Crippen MR) is 121 cm³/mol. The number of fused-ring (bicyclic) bond motifs is 1. The third kappa shape index (κ3) is 5.90. The Kier molecular flexibility index (Phi) is 8.25. The van der Waals surface area contributed by atoms with Crippen molar-refractivity contribution in [2.75, 3.05) is 50.8 Å². The maximum absolute atomic E-state index is 12.6. The molecule has 2 unspecified atom stereocenters. The second kappa shape index (κ2) is 10.8. The van der Waals surface area contributed by atoms with Crippen LogP contribution in [0.4, 0.5) is 18.9 Å². The van der Waals surface area contributed by atoms with Crippen molar-refractivity contribution in [3.63, 3.8) is 0 Å². The summed E-state index contributed by atoms with van der Waals surface area (Å²) in [6.45, 7) is 0.620. The Morgan fingerprint density at radius 3 is 2.12 bits per heavy atom. The lowest BCUT2D eigenvalue weighted by Gasteiger charge is -2.36. The molecule has 3 aliphatic rings. The highest BCUT2D eigenvalue weighted by atomic mass is 35.5. The van der Waals surface area contributed by atoms with E-state index >= 15 is 0 Å². The summed E-state index contributed by atoms with van der Waals surface area (Å²) in [5.41, 5.74) is 0.581. The second-order valence-corrected chi connectivity index (χ2v) is 8.59. The van der Waals surface area contributed by atoms with Gasteiger partial charge in [0.05, 0.1) is 30.6 Å². The van der Waals surface area contributed by atoms with E-state index in [1.807, 2.05) is 22.0 Å². The summed E-state index contributed by atoms with van der Waals surface area (Å²) < 4.78 is 42.6. The molecule has 34 heavy (non-hydrogen) atoms. The van der Waals surface area contributed by atoms with Gasteiger partial charge in [-0.1, -0.05) is 24.3 Å². The van der Waals surface area contributed by atoms with E-state index in [1.165, 1.54) is 6.07 Å². The van der Waals surface area contributed by atoms with Gasteiger partial charge in [-0.3, -0.25) is 24.2 Å². The van der Waals surface area contributed by atoms with E-state index in [0.29, 0.717) is 44.7 Å². The summed E-state index contributed by atoms with van der Waals surface area (Å²) in [5.74, 6) is -1.25. The molecule has 0 spiro atoms. The third-order valence-electron chi connectivity index (χ3n) is 6.30. The van der Waals surface area contributed by atoms with Gasteiger partial charge in [0, 0.05) is 26.2 Å². The van der Waals surface area contributed by atoms with Crippen LogP contribution in [0.25, 0.3) is 0 Å². The Hall–Kier alpha value is -2.59. The summed E-state index contributed by atoms with van der Waals surface area (Å²) in [5, 5.41) is 0. The van der Waals surface area contributed by atoms with Gasteiger partial charge >= 0.3 is 6.18 Å². The molecule has 7 nitrogen and oxygen atoms in total. The zero-order valence-corrected chi connectivity index (χ0v) is 19.3. The number of likely N-dealkylation sites (tertiary alicyclic amines) is 1. The molecule has 2 aliphatic heterocycles. The van der Waals surface area contributed by atoms with Gasteiger partial charge in [-0.05, 0) is 25.0 Å². The predicted octanol–water partition coefficient (Wildman–Crippen LogP) is 2.69. The molecule has 2 heterocycles. The van der Waals surface area contributed by atoms with Crippen molar-refractivity contribution < 1.29 is 32.3 Å². The molecule has 2 atom stereocenters. The average molecular weight is 502 g/mol. The number of allylic oxidation sites excluding steroid dienone is 2. The molecule has 1 aromatic rings. The minimum atomic E-state index is -4.42. The smallest absolute Gasteiger partial charge is 0.422 e. The monoisotopic (exact) mass is 501 g/mol. The normalized spacial score (nSPS) is 23.0. The first-order valence-electron chi connectivity index (χ1n) is 11.0. The Balaban J connectivity index is 0.00000324. The van der Waals surface area contributed by atoms with Crippen LogP contribution in [-0.4, -0.2) is 79.4 Å². The first-order chi connectivity index (χ1) is 15.7. The molecule has 1 aliphatic carbocycles. The molecule has 4 rings (SSSR count). The number of para-hydroxylation sites is 2. The van der Waals surface area contributed by atoms with Gasteiger partial charge in [0.15, 0.2) is 12.4 Å². The highest BCUT2D eigenvalue weighted by molar-refractivity contribution is 6.07. The number of imide groups is 1. The quantitative estimate of drug-likeness (QED) is 0.423. The first kappa shape index (κ1) is 26.0. The molecular formula is C23H27ClF3N3O4. The van der Waals surface area contributed by atoms with Gasteiger partial charge in [0.2, 0.25) is 11.8 Å². The number of nitrogens with zero attached hydrogens (tertiary/aromatic N) is 3. The largest absolute Gasteiger partial charge is 0.482 e. The number of carbonyl (C=O) groups is 3. The molecular weight excluding hydrogens is 475 g/mol. The maximum Gasteiger partial charge on any atom is 0.422 e. The number of ketones is 1. The van der Waals surface area contributed by atoms with Crippen LogP contribution >= 0.6 is 12.4 Å². The van der Waals surface area contributed by atoms with Crippen LogP contribution in [0.2, 0.25) is 0 Å². The third-order valence-corrected chi connectivity index (χ3v) is 6.30. The first-order valence-corrected chi connectivity index (χ1v) is 11.0. The number of piperazine rings is 1. The highest BCUT2D eigenvalue weighted by Crippen LogP contribution is 2.35. The van der Waals surface area contributed by atoms with Gasteiger partial charge in [-0.25, -0.2) is 0 Å². The molecule has 1 aromatic carbocycles. The summed E-state index contributed by atoms with van der Waals surface area (Å²) in [6.07, 6.45) is 0.470. The van der Waals surface area contributed by atoms with Gasteiger partial charge in [-0.2, -0.15) is 13.2 Å². The van der Waals surface area contributed by atoms with Crippen molar-refractivity contribution in [3.05, 3.63) is 36.4 Å². The van der Waals surface area contributed by atoms with Crippen LogP contribution in [0, 0.1) is 11.8 Å². The fraction of sp³-hybridized carbons (Fsp3) is 0.522. The van der Waals surface area contributed by atoms with Gasteiger partial charge in [-0.15, -0.1) is 12.4 Å². The topological polar surface area (TPSA) is 70.2 Å². The highest BCUT2D eigenvalue weighted by Gasteiger charge is 2.47. The Bertz CT molecular complexity index is 922. The average Bonchev–Trinajstić information content (AvgIpc) is 3.03. The standard InChI is InChI=1S/C23H26F3N3O4.ClH/c24-23(25,26)15-33-20-8-4-3-7-19(20)28-11-9-27(10-12-28)13-16(30)14-29-21(31)17-5-1-2-6-18(17)22(29)32;/h1-4,7-8,17-18H,5-6,9-15H2;1H. The van der Waals surface area contributed by atoms with Crippen molar-refractivity contribution in [1.82, 2.24) is 9.80 Å². The molecule has 0 bridgehead atoms. The molecule has 0 aromatic heterocycles. The SMILES string of the molecule is Cl.O=C(CN1CCN(c2ccccc2OCC(F)(F)F)CC1)CN1C(=O)C2CC=CCC2C1=O. The minimum Gasteiger partial charge on any atom is -0.482 e. The lowest BCUT2D eigenvalue weighted by atomic mass is 9.85. The molecule has 186 valence electrons. The van der Waals surface area contributed by atoms with E-state index in [-0.39, 0.29) is 60.7 Å². The number of benzene rings is 1. The molecule has 11 heteroatoms. The molecule has 2 fully saturated rings. The van der Waals surface area contributed by atoms with Crippen LogP contribution in [0.3, 0.4) is 0 Å².